The number of aromatic nitrogens is 2. The largest absolute Gasteiger partial charge is 0.382 e. The zero-order valence-corrected chi connectivity index (χ0v) is 12.5. The van der Waals surface area contributed by atoms with Gasteiger partial charge in [-0.1, -0.05) is 29.8 Å². The maximum absolute atomic E-state index is 13.5. The van der Waals surface area contributed by atoms with Gasteiger partial charge in [0.05, 0.1) is 0 Å². The summed E-state index contributed by atoms with van der Waals surface area (Å²) in [5, 5.41) is 2.68. The number of halogens is 2. The second-order valence-corrected chi connectivity index (χ2v) is 4.74. The molecule has 0 bridgehead atoms. The number of nitrogens with zero attached hydrogens (tertiary/aromatic N) is 3. The molecule has 2 rings (SSSR count). The average Bonchev–Trinajstić information content (AvgIpc) is 2.48. The first-order chi connectivity index (χ1) is 10.9. The number of benzene rings is 1. The first-order valence-electron chi connectivity index (χ1n) is 6.32. The molecule has 0 saturated carbocycles. The third-order valence-electron chi connectivity index (χ3n) is 2.72. The Morgan fingerprint density at radius 3 is 2.65 bits per heavy atom. The standard InChI is InChI=1S/C13H13ClFN7O/c14-9-11(19-5-6-3-1-2-4-7(6)15)21-10(16)8(20-9)12(23)22-13(17)18/h1-4H,5H2,(H3,16,19,21)(H4,17,18,22,23). The van der Waals surface area contributed by atoms with E-state index in [2.05, 4.69) is 20.3 Å². The van der Waals surface area contributed by atoms with Crippen LogP contribution in [-0.4, -0.2) is 21.8 Å². The van der Waals surface area contributed by atoms with Gasteiger partial charge in [0.15, 0.2) is 28.4 Å². The predicted octanol–water partition coefficient (Wildman–Crippen LogP) is 0.877. The number of aliphatic imine (C=N–C) groups is 1. The summed E-state index contributed by atoms with van der Waals surface area (Å²) in [5.41, 5.74) is 16.0. The molecule has 0 aliphatic rings. The van der Waals surface area contributed by atoms with Crippen LogP contribution in [0.5, 0.6) is 0 Å². The molecule has 2 aromatic rings. The summed E-state index contributed by atoms with van der Waals surface area (Å²) in [4.78, 5) is 22.7. The molecule has 0 aliphatic carbocycles. The highest BCUT2D eigenvalue weighted by Crippen LogP contribution is 2.22. The van der Waals surface area contributed by atoms with Crippen LogP contribution in [-0.2, 0) is 6.54 Å². The molecular weight excluding hydrogens is 325 g/mol. The van der Waals surface area contributed by atoms with Crippen LogP contribution in [0, 0.1) is 5.82 Å². The van der Waals surface area contributed by atoms with Crippen LogP contribution in [0.15, 0.2) is 29.3 Å². The number of guanidine groups is 1. The fourth-order valence-corrected chi connectivity index (χ4v) is 1.88. The van der Waals surface area contributed by atoms with E-state index < -0.39 is 11.9 Å². The van der Waals surface area contributed by atoms with E-state index in [-0.39, 0.29) is 34.8 Å². The summed E-state index contributed by atoms with van der Waals surface area (Å²) in [6, 6.07) is 6.20. The van der Waals surface area contributed by atoms with Crippen molar-refractivity contribution in [3.05, 3.63) is 46.5 Å². The van der Waals surface area contributed by atoms with E-state index in [1.807, 2.05) is 0 Å². The van der Waals surface area contributed by atoms with Crippen LogP contribution in [0.3, 0.4) is 0 Å². The van der Waals surface area contributed by atoms with E-state index in [9.17, 15) is 9.18 Å². The number of hydrogen-bond donors (Lipinski definition) is 4. The van der Waals surface area contributed by atoms with Crippen LogP contribution < -0.4 is 22.5 Å². The molecule has 0 aliphatic heterocycles. The Hall–Kier alpha value is -2.94. The van der Waals surface area contributed by atoms with Crippen molar-refractivity contribution < 1.29 is 9.18 Å². The Balaban J connectivity index is 2.22. The molecule has 0 saturated heterocycles. The predicted molar refractivity (Wildman–Crippen MR) is 85.3 cm³/mol. The van der Waals surface area contributed by atoms with Crippen molar-refractivity contribution in [3.8, 4) is 0 Å². The minimum atomic E-state index is -0.863. The Labute approximate surface area is 135 Å². The van der Waals surface area contributed by atoms with E-state index in [0.717, 1.165) is 0 Å². The van der Waals surface area contributed by atoms with Gasteiger partial charge < -0.3 is 22.5 Å². The van der Waals surface area contributed by atoms with Crippen LogP contribution >= 0.6 is 11.6 Å². The minimum Gasteiger partial charge on any atom is -0.382 e. The summed E-state index contributed by atoms with van der Waals surface area (Å²) >= 11 is 5.94. The maximum atomic E-state index is 13.5. The van der Waals surface area contributed by atoms with Crippen molar-refractivity contribution in [1.29, 1.82) is 0 Å². The number of nitrogen functional groups attached to an aromatic ring is 1. The third-order valence-corrected chi connectivity index (χ3v) is 2.98. The summed E-state index contributed by atoms with van der Waals surface area (Å²) in [5.74, 6) is -1.78. The Bertz CT molecular complexity index is 777. The average molecular weight is 338 g/mol. The van der Waals surface area contributed by atoms with E-state index in [4.69, 9.17) is 28.8 Å². The quantitative estimate of drug-likeness (QED) is 0.478. The van der Waals surface area contributed by atoms with E-state index in [1.54, 1.807) is 18.2 Å². The van der Waals surface area contributed by atoms with Crippen LogP contribution in [0.1, 0.15) is 16.1 Å². The minimum absolute atomic E-state index is 0.105. The number of carbonyl (C=O) groups is 1. The molecule has 23 heavy (non-hydrogen) atoms. The summed E-state index contributed by atoms with van der Waals surface area (Å²) in [6.45, 7) is 0.113. The first kappa shape index (κ1) is 16.4. The maximum Gasteiger partial charge on any atom is 0.302 e. The Kier molecular flexibility index (Phi) is 4.91. The van der Waals surface area contributed by atoms with Crippen LogP contribution in [0.2, 0.25) is 5.15 Å². The third kappa shape index (κ3) is 4.04. The van der Waals surface area contributed by atoms with E-state index in [0.29, 0.717) is 5.56 Å². The number of rotatable bonds is 4. The molecule has 10 heteroatoms. The smallest absolute Gasteiger partial charge is 0.302 e. The molecule has 0 atom stereocenters. The van der Waals surface area contributed by atoms with Crippen molar-refractivity contribution in [3.63, 3.8) is 0 Å². The van der Waals surface area contributed by atoms with Crippen molar-refractivity contribution in [1.82, 2.24) is 9.97 Å². The van der Waals surface area contributed by atoms with Gasteiger partial charge in [-0.3, -0.25) is 4.79 Å². The van der Waals surface area contributed by atoms with Gasteiger partial charge in [-0.05, 0) is 6.07 Å². The van der Waals surface area contributed by atoms with Crippen LogP contribution in [0.4, 0.5) is 16.0 Å². The van der Waals surface area contributed by atoms with Crippen molar-refractivity contribution in [2.45, 2.75) is 6.54 Å². The van der Waals surface area contributed by atoms with Gasteiger partial charge in [0, 0.05) is 12.1 Å². The molecule has 7 N–H and O–H groups in total. The number of anilines is 2. The fourth-order valence-electron chi connectivity index (χ4n) is 1.69. The molecule has 0 radical (unpaired) electrons. The molecule has 120 valence electrons. The van der Waals surface area contributed by atoms with Crippen LogP contribution in [0.25, 0.3) is 0 Å². The number of carbonyl (C=O) groups excluding carboxylic acids is 1. The number of amides is 1. The monoisotopic (exact) mass is 337 g/mol. The molecular formula is C13H13ClFN7O. The molecule has 1 aromatic heterocycles. The molecule has 1 heterocycles. The molecule has 8 nitrogen and oxygen atoms in total. The molecule has 1 aromatic carbocycles. The van der Waals surface area contributed by atoms with Gasteiger partial charge in [0.1, 0.15) is 5.82 Å². The number of nitrogens with two attached hydrogens (primary N) is 3. The normalized spacial score (nSPS) is 10.2. The van der Waals surface area contributed by atoms with Gasteiger partial charge in [0.2, 0.25) is 0 Å². The van der Waals surface area contributed by atoms with Gasteiger partial charge in [-0.2, -0.15) is 4.99 Å². The topological polar surface area (TPSA) is 145 Å². The van der Waals surface area contributed by atoms with Gasteiger partial charge in [-0.25, -0.2) is 14.4 Å². The van der Waals surface area contributed by atoms with Gasteiger partial charge in [0.25, 0.3) is 0 Å². The summed E-state index contributed by atoms with van der Waals surface area (Å²) < 4.78 is 13.5. The fraction of sp³-hybridized carbons (Fsp3) is 0.0769. The van der Waals surface area contributed by atoms with E-state index >= 15 is 0 Å². The lowest BCUT2D eigenvalue weighted by Crippen LogP contribution is -2.24. The second kappa shape index (κ2) is 6.88. The van der Waals surface area contributed by atoms with Crippen molar-refractivity contribution in [2.24, 2.45) is 16.5 Å². The summed E-state index contributed by atoms with van der Waals surface area (Å²) in [7, 11) is 0. The van der Waals surface area contributed by atoms with Gasteiger partial charge in [-0.15, -0.1) is 0 Å². The van der Waals surface area contributed by atoms with Crippen molar-refractivity contribution >= 4 is 35.1 Å². The Morgan fingerprint density at radius 1 is 1.30 bits per heavy atom. The lowest BCUT2D eigenvalue weighted by atomic mass is 10.2. The zero-order chi connectivity index (χ0) is 17.0. The highest BCUT2D eigenvalue weighted by atomic mass is 35.5. The zero-order valence-electron chi connectivity index (χ0n) is 11.8. The Morgan fingerprint density at radius 2 is 2.00 bits per heavy atom. The SMILES string of the molecule is NC(N)=NC(=O)c1nc(Cl)c(NCc2ccccc2F)nc1N. The molecule has 0 spiro atoms. The lowest BCUT2D eigenvalue weighted by Gasteiger charge is -2.10. The summed E-state index contributed by atoms with van der Waals surface area (Å²) in [6.07, 6.45) is 0. The highest BCUT2D eigenvalue weighted by Gasteiger charge is 2.17. The number of hydrogen-bond acceptors (Lipinski definition) is 5. The molecule has 0 fully saturated rings. The highest BCUT2D eigenvalue weighted by molar-refractivity contribution is 6.32. The first-order valence-corrected chi connectivity index (χ1v) is 6.70. The van der Waals surface area contributed by atoms with E-state index in [1.165, 1.54) is 6.07 Å². The number of nitrogens with one attached hydrogen (secondary N) is 1. The lowest BCUT2D eigenvalue weighted by molar-refractivity contribution is 0.0998. The molecule has 0 unspecified atom stereocenters. The molecule has 1 amide bonds. The van der Waals surface area contributed by atoms with Gasteiger partial charge >= 0.3 is 5.91 Å². The second-order valence-electron chi connectivity index (χ2n) is 4.38. The van der Waals surface area contributed by atoms with Crippen molar-refractivity contribution in [2.75, 3.05) is 11.1 Å².